The number of aryl methyl sites for hydroxylation is 1. The third kappa shape index (κ3) is 3.98. The van der Waals surface area contributed by atoms with E-state index in [2.05, 4.69) is 20.7 Å². The van der Waals surface area contributed by atoms with Gasteiger partial charge in [-0.3, -0.25) is 4.72 Å². The number of hydrogen-bond acceptors (Lipinski definition) is 3. The van der Waals surface area contributed by atoms with Crippen molar-refractivity contribution >= 4 is 31.6 Å². The van der Waals surface area contributed by atoms with E-state index in [0.29, 0.717) is 18.0 Å². The van der Waals surface area contributed by atoms with Crippen molar-refractivity contribution in [3.05, 3.63) is 52.5 Å². The van der Waals surface area contributed by atoms with Gasteiger partial charge in [-0.1, -0.05) is 33.6 Å². The number of halogens is 1. The molecule has 4 nitrogen and oxygen atoms in total. The normalized spacial score (nSPS) is 11.2. The summed E-state index contributed by atoms with van der Waals surface area (Å²) in [6, 6.07) is 11.8. The quantitative estimate of drug-likeness (QED) is 0.867. The number of rotatable bonds is 5. The number of benzene rings is 2. The van der Waals surface area contributed by atoms with Gasteiger partial charge in [-0.05, 0) is 44.2 Å². The van der Waals surface area contributed by atoms with E-state index in [9.17, 15) is 8.42 Å². The molecule has 2 aromatic rings. The van der Waals surface area contributed by atoms with Gasteiger partial charge in [-0.25, -0.2) is 8.42 Å². The average Bonchev–Trinajstić information content (AvgIpc) is 2.42. The monoisotopic (exact) mass is 369 g/mol. The highest BCUT2D eigenvalue weighted by atomic mass is 79.9. The minimum absolute atomic E-state index is 0.221. The Balaban J connectivity index is 2.34. The van der Waals surface area contributed by atoms with Gasteiger partial charge in [0.2, 0.25) is 0 Å². The number of anilines is 1. The molecule has 0 bridgehead atoms. The van der Waals surface area contributed by atoms with Crippen molar-refractivity contribution in [3.8, 4) is 5.75 Å². The molecule has 0 atom stereocenters. The van der Waals surface area contributed by atoms with Gasteiger partial charge < -0.3 is 4.74 Å². The molecule has 0 heterocycles. The minimum Gasteiger partial charge on any atom is -0.492 e. The summed E-state index contributed by atoms with van der Waals surface area (Å²) in [4.78, 5) is 0.221. The first-order valence-electron chi connectivity index (χ1n) is 6.44. The molecule has 21 heavy (non-hydrogen) atoms. The number of hydrogen-bond donors (Lipinski definition) is 1. The second-order valence-corrected chi connectivity index (χ2v) is 7.09. The lowest BCUT2D eigenvalue weighted by Crippen LogP contribution is -2.14. The fourth-order valence-electron chi connectivity index (χ4n) is 1.78. The molecule has 0 radical (unpaired) electrons. The summed E-state index contributed by atoms with van der Waals surface area (Å²) >= 11 is 3.34. The van der Waals surface area contributed by atoms with E-state index in [1.807, 2.05) is 13.8 Å². The van der Waals surface area contributed by atoms with Crippen LogP contribution in [-0.2, 0) is 10.0 Å². The average molecular weight is 370 g/mol. The molecule has 0 saturated carbocycles. The third-order valence-corrected chi connectivity index (χ3v) is 4.69. The maximum Gasteiger partial charge on any atom is 0.262 e. The molecule has 0 spiro atoms. The Hall–Kier alpha value is -1.53. The Kier molecular flexibility index (Phi) is 4.90. The summed E-state index contributed by atoms with van der Waals surface area (Å²) in [5, 5.41) is 0. The van der Waals surface area contributed by atoms with E-state index in [1.54, 1.807) is 42.5 Å². The smallest absolute Gasteiger partial charge is 0.262 e. The van der Waals surface area contributed by atoms with Crippen LogP contribution in [0.15, 0.2) is 51.8 Å². The lowest BCUT2D eigenvalue weighted by atomic mass is 10.2. The summed E-state index contributed by atoms with van der Waals surface area (Å²) in [5.74, 6) is 0.488. The first kappa shape index (κ1) is 15.9. The lowest BCUT2D eigenvalue weighted by Gasteiger charge is -2.13. The Morgan fingerprint density at radius 3 is 2.43 bits per heavy atom. The Labute approximate surface area is 133 Å². The van der Waals surface area contributed by atoms with E-state index in [-0.39, 0.29) is 4.90 Å². The van der Waals surface area contributed by atoms with Crippen LogP contribution < -0.4 is 9.46 Å². The van der Waals surface area contributed by atoms with Crippen molar-refractivity contribution in [2.45, 2.75) is 18.7 Å². The van der Waals surface area contributed by atoms with Crippen LogP contribution in [0.5, 0.6) is 5.75 Å². The molecule has 6 heteroatoms. The second-order valence-electron chi connectivity index (χ2n) is 4.49. The molecule has 0 aliphatic heterocycles. The molecule has 0 unspecified atom stereocenters. The largest absolute Gasteiger partial charge is 0.492 e. The van der Waals surface area contributed by atoms with Crippen LogP contribution in [0.3, 0.4) is 0 Å². The molecule has 1 N–H and O–H groups in total. The van der Waals surface area contributed by atoms with Crippen LogP contribution in [0.4, 0.5) is 5.69 Å². The highest BCUT2D eigenvalue weighted by molar-refractivity contribution is 9.10. The second kappa shape index (κ2) is 6.49. The van der Waals surface area contributed by atoms with E-state index in [0.717, 1.165) is 10.0 Å². The van der Waals surface area contributed by atoms with E-state index in [1.165, 1.54) is 0 Å². The minimum atomic E-state index is -3.63. The summed E-state index contributed by atoms with van der Waals surface area (Å²) < 4.78 is 33.6. The standard InChI is InChI=1S/C15H16BrNO3S/c1-3-20-15-10-12(16)6-9-14(15)17-21(18,19)13-7-4-11(2)5-8-13/h4-10,17H,3H2,1-2H3. The van der Waals surface area contributed by atoms with Crippen molar-refractivity contribution in [2.75, 3.05) is 11.3 Å². The van der Waals surface area contributed by atoms with Gasteiger partial charge in [-0.2, -0.15) is 0 Å². The zero-order valence-corrected chi connectivity index (χ0v) is 14.2. The van der Waals surface area contributed by atoms with Gasteiger partial charge in [0.1, 0.15) is 5.75 Å². The zero-order chi connectivity index (χ0) is 15.5. The van der Waals surface area contributed by atoms with Gasteiger partial charge in [0.15, 0.2) is 0 Å². The first-order valence-corrected chi connectivity index (χ1v) is 8.72. The maximum absolute atomic E-state index is 12.4. The fourth-order valence-corrected chi connectivity index (χ4v) is 3.19. The van der Waals surface area contributed by atoms with E-state index >= 15 is 0 Å². The lowest BCUT2D eigenvalue weighted by molar-refractivity contribution is 0.342. The van der Waals surface area contributed by atoms with Crippen LogP contribution >= 0.6 is 15.9 Å². The van der Waals surface area contributed by atoms with Crippen LogP contribution in [0.2, 0.25) is 0 Å². The highest BCUT2D eigenvalue weighted by Crippen LogP contribution is 2.30. The van der Waals surface area contributed by atoms with Gasteiger partial charge >= 0.3 is 0 Å². The SMILES string of the molecule is CCOc1cc(Br)ccc1NS(=O)(=O)c1ccc(C)cc1. The van der Waals surface area contributed by atoms with Crippen molar-refractivity contribution in [1.29, 1.82) is 0 Å². The van der Waals surface area contributed by atoms with Crippen LogP contribution in [0, 0.1) is 6.92 Å². The molecule has 0 aliphatic rings. The van der Waals surface area contributed by atoms with Gasteiger partial charge in [0, 0.05) is 4.47 Å². The molecule has 0 aliphatic carbocycles. The Bertz CT molecular complexity index is 727. The van der Waals surface area contributed by atoms with Crippen molar-refractivity contribution in [1.82, 2.24) is 0 Å². The fraction of sp³-hybridized carbons (Fsp3) is 0.200. The molecule has 0 saturated heterocycles. The first-order chi connectivity index (χ1) is 9.92. The molecular weight excluding hydrogens is 354 g/mol. The zero-order valence-electron chi connectivity index (χ0n) is 11.8. The summed E-state index contributed by atoms with van der Waals surface area (Å²) in [6.07, 6.45) is 0. The van der Waals surface area contributed by atoms with Gasteiger partial charge in [-0.15, -0.1) is 0 Å². The molecule has 0 fully saturated rings. The third-order valence-electron chi connectivity index (χ3n) is 2.82. The van der Waals surface area contributed by atoms with Crippen LogP contribution in [0.1, 0.15) is 12.5 Å². The summed E-state index contributed by atoms with van der Waals surface area (Å²) in [5.41, 5.74) is 1.42. The van der Waals surface area contributed by atoms with E-state index in [4.69, 9.17) is 4.74 Å². The van der Waals surface area contributed by atoms with Crippen molar-refractivity contribution in [2.24, 2.45) is 0 Å². The summed E-state index contributed by atoms with van der Waals surface area (Å²) in [7, 11) is -3.63. The number of sulfonamides is 1. The Morgan fingerprint density at radius 2 is 1.81 bits per heavy atom. The number of ether oxygens (including phenoxy) is 1. The van der Waals surface area contributed by atoms with Crippen molar-refractivity contribution < 1.29 is 13.2 Å². The molecular formula is C15H16BrNO3S. The molecule has 2 aromatic carbocycles. The predicted octanol–water partition coefficient (Wildman–Crippen LogP) is 3.96. The van der Waals surface area contributed by atoms with Gasteiger partial charge in [0.05, 0.1) is 17.2 Å². The van der Waals surface area contributed by atoms with E-state index < -0.39 is 10.0 Å². The number of nitrogens with one attached hydrogen (secondary N) is 1. The predicted molar refractivity (Wildman–Crippen MR) is 87.3 cm³/mol. The summed E-state index contributed by atoms with van der Waals surface area (Å²) in [6.45, 7) is 4.21. The van der Waals surface area contributed by atoms with Crippen LogP contribution in [0.25, 0.3) is 0 Å². The molecule has 2 rings (SSSR count). The topological polar surface area (TPSA) is 55.4 Å². The Morgan fingerprint density at radius 1 is 1.14 bits per heavy atom. The highest BCUT2D eigenvalue weighted by Gasteiger charge is 2.16. The van der Waals surface area contributed by atoms with Gasteiger partial charge in [0.25, 0.3) is 10.0 Å². The molecule has 112 valence electrons. The van der Waals surface area contributed by atoms with Crippen LogP contribution in [-0.4, -0.2) is 15.0 Å². The maximum atomic E-state index is 12.4. The van der Waals surface area contributed by atoms with Crippen molar-refractivity contribution in [3.63, 3.8) is 0 Å². The molecule has 0 amide bonds. The molecule has 0 aromatic heterocycles.